The lowest BCUT2D eigenvalue weighted by Crippen LogP contribution is -2.31. The molecule has 0 radical (unpaired) electrons. The maximum absolute atomic E-state index is 5.69. The average Bonchev–Trinajstić information content (AvgIpc) is 2.76. The van der Waals surface area contributed by atoms with Gasteiger partial charge in [0.15, 0.2) is 5.96 Å². The van der Waals surface area contributed by atoms with E-state index in [-0.39, 0.29) is 0 Å². The number of nitrogens with one attached hydrogen (secondary N) is 1. The number of aryl methyl sites for hydroxylation is 2. The Morgan fingerprint density at radius 3 is 2.17 bits per heavy atom. The van der Waals surface area contributed by atoms with Gasteiger partial charge in [-0.15, -0.1) is 0 Å². The van der Waals surface area contributed by atoms with Crippen LogP contribution >= 0.6 is 0 Å². The van der Waals surface area contributed by atoms with Crippen molar-refractivity contribution in [3.8, 4) is 0 Å². The molecule has 23 heavy (non-hydrogen) atoms. The Bertz CT molecular complexity index is 695. The summed E-state index contributed by atoms with van der Waals surface area (Å²) in [6, 6.07) is 17.5. The Morgan fingerprint density at radius 2 is 1.61 bits per heavy atom. The van der Waals surface area contributed by atoms with Crippen LogP contribution in [0.25, 0.3) is 5.57 Å². The van der Waals surface area contributed by atoms with Gasteiger partial charge in [0, 0.05) is 13.6 Å². The van der Waals surface area contributed by atoms with Crippen LogP contribution in [0.4, 0.5) is 0 Å². The van der Waals surface area contributed by atoms with Crippen molar-refractivity contribution in [2.75, 3.05) is 13.6 Å². The van der Waals surface area contributed by atoms with Crippen LogP contribution in [0, 0.1) is 0 Å². The van der Waals surface area contributed by atoms with E-state index in [0.29, 0.717) is 5.96 Å². The van der Waals surface area contributed by atoms with Gasteiger partial charge >= 0.3 is 0 Å². The van der Waals surface area contributed by atoms with Gasteiger partial charge in [-0.25, -0.2) is 0 Å². The summed E-state index contributed by atoms with van der Waals surface area (Å²) in [5.41, 5.74) is 12.6. The third kappa shape index (κ3) is 3.45. The SMILES string of the molecule is CN=C(N)NCCC=C1c2ccccc2CCc2ccccc21. The molecule has 0 unspecified atom stereocenters. The summed E-state index contributed by atoms with van der Waals surface area (Å²) in [5.74, 6) is 0.491. The highest BCUT2D eigenvalue weighted by Gasteiger charge is 2.16. The maximum atomic E-state index is 5.69. The molecule has 3 N–H and O–H groups in total. The fourth-order valence-corrected chi connectivity index (χ4v) is 3.13. The number of nitrogens with two attached hydrogens (primary N) is 1. The molecule has 1 aliphatic carbocycles. The van der Waals surface area contributed by atoms with Gasteiger partial charge in [0.1, 0.15) is 0 Å². The number of rotatable bonds is 3. The van der Waals surface area contributed by atoms with Crippen LogP contribution < -0.4 is 11.1 Å². The standard InChI is InChI=1S/C20H23N3/c1-22-20(21)23-14-6-11-19-17-9-4-2-7-15(17)12-13-16-8-3-5-10-18(16)19/h2-5,7-11H,6,12-14H2,1H3,(H3,21,22,23). The molecule has 3 nitrogen and oxygen atoms in total. The molecule has 0 aromatic heterocycles. The highest BCUT2D eigenvalue weighted by Crippen LogP contribution is 2.33. The molecule has 0 saturated heterocycles. The highest BCUT2D eigenvalue weighted by atomic mass is 15.1. The molecule has 2 aromatic rings. The van der Waals surface area contributed by atoms with Gasteiger partial charge in [0.05, 0.1) is 0 Å². The van der Waals surface area contributed by atoms with Crippen molar-refractivity contribution in [1.29, 1.82) is 0 Å². The summed E-state index contributed by atoms with van der Waals surface area (Å²) in [5, 5.41) is 3.12. The summed E-state index contributed by atoms with van der Waals surface area (Å²) in [6.45, 7) is 0.789. The van der Waals surface area contributed by atoms with E-state index in [1.54, 1.807) is 7.05 Å². The Morgan fingerprint density at radius 1 is 1.04 bits per heavy atom. The lowest BCUT2D eigenvalue weighted by Gasteiger charge is -2.12. The number of hydrogen-bond donors (Lipinski definition) is 2. The van der Waals surface area contributed by atoms with E-state index in [1.807, 2.05) is 0 Å². The van der Waals surface area contributed by atoms with E-state index < -0.39 is 0 Å². The first kappa shape index (κ1) is 15.3. The third-order valence-electron chi connectivity index (χ3n) is 4.32. The van der Waals surface area contributed by atoms with Gasteiger partial charge in [0.2, 0.25) is 0 Å². The molecule has 0 amide bonds. The molecule has 0 atom stereocenters. The van der Waals surface area contributed by atoms with Gasteiger partial charge in [-0.05, 0) is 47.1 Å². The Balaban J connectivity index is 1.93. The van der Waals surface area contributed by atoms with E-state index in [9.17, 15) is 0 Å². The smallest absolute Gasteiger partial charge is 0.188 e. The van der Waals surface area contributed by atoms with Gasteiger partial charge < -0.3 is 11.1 Å². The highest BCUT2D eigenvalue weighted by molar-refractivity contribution is 5.84. The zero-order valence-electron chi connectivity index (χ0n) is 13.5. The Kier molecular flexibility index (Phi) is 4.77. The van der Waals surface area contributed by atoms with Crippen LogP contribution in [0.15, 0.2) is 59.6 Å². The monoisotopic (exact) mass is 305 g/mol. The number of hydrogen-bond acceptors (Lipinski definition) is 1. The zero-order chi connectivity index (χ0) is 16.1. The number of benzene rings is 2. The van der Waals surface area contributed by atoms with E-state index in [2.05, 4.69) is 64.9 Å². The summed E-state index contributed by atoms with van der Waals surface area (Å²) >= 11 is 0. The van der Waals surface area contributed by atoms with Crippen molar-refractivity contribution in [1.82, 2.24) is 5.32 Å². The number of nitrogens with zero attached hydrogens (tertiary/aromatic N) is 1. The van der Waals surface area contributed by atoms with E-state index in [1.165, 1.54) is 27.8 Å². The van der Waals surface area contributed by atoms with E-state index in [0.717, 1.165) is 25.8 Å². The Labute approximate surface area is 137 Å². The van der Waals surface area contributed by atoms with E-state index >= 15 is 0 Å². The van der Waals surface area contributed by atoms with Crippen LogP contribution in [0.3, 0.4) is 0 Å². The first-order chi connectivity index (χ1) is 11.3. The molecule has 1 aliphatic rings. The maximum Gasteiger partial charge on any atom is 0.188 e. The van der Waals surface area contributed by atoms with Crippen LogP contribution in [0.2, 0.25) is 0 Å². The minimum atomic E-state index is 0.491. The summed E-state index contributed by atoms with van der Waals surface area (Å²) in [4.78, 5) is 3.92. The number of guanidine groups is 1. The normalized spacial score (nSPS) is 13.8. The molecule has 3 rings (SSSR count). The van der Waals surface area contributed by atoms with Gasteiger partial charge in [-0.3, -0.25) is 4.99 Å². The second-order valence-corrected chi connectivity index (χ2v) is 5.76. The summed E-state index contributed by atoms with van der Waals surface area (Å²) in [7, 11) is 1.69. The minimum Gasteiger partial charge on any atom is -0.370 e. The molecule has 0 spiro atoms. The topological polar surface area (TPSA) is 50.4 Å². The summed E-state index contributed by atoms with van der Waals surface area (Å²) in [6.07, 6.45) is 5.42. The fourth-order valence-electron chi connectivity index (χ4n) is 3.13. The molecule has 0 heterocycles. The molecule has 0 aliphatic heterocycles. The molecule has 0 bridgehead atoms. The van der Waals surface area contributed by atoms with Gasteiger partial charge in [0.25, 0.3) is 0 Å². The largest absolute Gasteiger partial charge is 0.370 e. The fraction of sp³-hybridized carbons (Fsp3) is 0.250. The Hall–Kier alpha value is -2.55. The molecule has 118 valence electrons. The average molecular weight is 305 g/mol. The lowest BCUT2D eigenvalue weighted by molar-refractivity contribution is 0.879. The second kappa shape index (κ2) is 7.14. The van der Waals surface area contributed by atoms with Crippen molar-refractivity contribution in [2.24, 2.45) is 10.7 Å². The first-order valence-corrected chi connectivity index (χ1v) is 8.12. The number of aliphatic imine (C=N–C) groups is 1. The zero-order valence-corrected chi connectivity index (χ0v) is 13.5. The summed E-state index contributed by atoms with van der Waals surface area (Å²) < 4.78 is 0. The quantitative estimate of drug-likeness (QED) is 0.520. The minimum absolute atomic E-state index is 0.491. The second-order valence-electron chi connectivity index (χ2n) is 5.76. The lowest BCUT2D eigenvalue weighted by atomic mass is 9.93. The number of fused-ring (bicyclic) bond motifs is 2. The predicted octanol–water partition coefficient (Wildman–Crippen LogP) is 3.14. The molecule has 0 saturated carbocycles. The van der Waals surface area contributed by atoms with Crippen LogP contribution in [-0.2, 0) is 12.8 Å². The van der Waals surface area contributed by atoms with Crippen LogP contribution in [0.1, 0.15) is 28.7 Å². The first-order valence-electron chi connectivity index (χ1n) is 8.12. The van der Waals surface area contributed by atoms with Crippen LogP contribution in [-0.4, -0.2) is 19.6 Å². The van der Waals surface area contributed by atoms with Crippen LogP contribution in [0.5, 0.6) is 0 Å². The van der Waals surface area contributed by atoms with Gasteiger partial charge in [-0.2, -0.15) is 0 Å². The van der Waals surface area contributed by atoms with Crippen molar-refractivity contribution in [3.63, 3.8) is 0 Å². The van der Waals surface area contributed by atoms with Crippen molar-refractivity contribution < 1.29 is 0 Å². The molecule has 0 fully saturated rings. The molecular formula is C20H23N3. The van der Waals surface area contributed by atoms with Crippen molar-refractivity contribution >= 4 is 11.5 Å². The third-order valence-corrected chi connectivity index (χ3v) is 4.32. The molecule has 2 aromatic carbocycles. The molecular weight excluding hydrogens is 282 g/mol. The van der Waals surface area contributed by atoms with Crippen molar-refractivity contribution in [3.05, 3.63) is 76.9 Å². The van der Waals surface area contributed by atoms with Crippen molar-refractivity contribution in [2.45, 2.75) is 19.3 Å². The van der Waals surface area contributed by atoms with E-state index in [4.69, 9.17) is 5.73 Å². The molecule has 3 heteroatoms. The predicted molar refractivity (Wildman–Crippen MR) is 97.5 cm³/mol. The van der Waals surface area contributed by atoms with Gasteiger partial charge in [-0.1, -0.05) is 54.6 Å².